The standard InChI is InChI=1S/C12H16BrNO3/c1-8(2)14-12(15)7-17-11-6-9(16-3)4-5-10(11)13/h4-6,8H,7H2,1-3H3,(H,14,15). The van der Waals surface area contributed by atoms with Crippen molar-refractivity contribution in [3.8, 4) is 11.5 Å². The number of rotatable bonds is 5. The summed E-state index contributed by atoms with van der Waals surface area (Å²) in [6.07, 6.45) is 0. The van der Waals surface area contributed by atoms with Gasteiger partial charge in [-0.05, 0) is 41.9 Å². The topological polar surface area (TPSA) is 47.6 Å². The maximum Gasteiger partial charge on any atom is 0.258 e. The lowest BCUT2D eigenvalue weighted by Crippen LogP contribution is -2.34. The molecule has 1 aromatic rings. The molecule has 1 aromatic carbocycles. The van der Waals surface area contributed by atoms with Crippen molar-refractivity contribution in [1.82, 2.24) is 5.32 Å². The predicted octanol–water partition coefficient (Wildman–Crippen LogP) is 2.36. The molecule has 0 radical (unpaired) electrons. The summed E-state index contributed by atoms with van der Waals surface area (Å²) in [6.45, 7) is 3.79. The summed E-state index contributed by atoms with van der Waals surface area (Å²) in [5, 5.41) is 2.75. The molecular weight excluding hydrogens is 286 g/mol. The van der Waals surface area contributed by atoms with Gasteiger partial charge in [-0.15, -0.1) is 0 Å². The molecule has 0 saturated carbocycles. The van der Waals surface area contributed by atoms with Gasteiger partial charge in [0.25, 0.3) is 5.91 Å². The summed E-state index contributed by atoms with van der Waals surface area (Å²) in [6, 6.07) is 5.46. The Hall–Kier alpha value is -1.23. The molecule has 0 heterocycles. The first kappa shape index (κ1) is 13.8. The number of nitrogens with one attached hydrogen (secondary N) is 1. The Kier molecular flexibility index (Phi) is 5.28. The quantitative estimate of drug-likeness (QED) is 0.908. The first-order valence-corrected chi connectivity index (χ1v) is 6.08. The Morgan fingerprint density at radius 2 is 2.18 bits per heavy atom. The normalized spacial score (nSPS) is 10.2. The monoisotopic (exact) mass is 301 g/mol. The number of carbonyl (C=O) groups is 1. The van der Waals surface area contributed by atoms with Crippen molar-refractivity contribution in [2.24, 2.45) is 0 Å². The molecule has 0 saturated heterocycles. The molecule has 1 N–H and O–H groups in total. The lowest BCUT2D eigenvalue weighted by molar-refractivity contribution is -0.123. The summed E-state index contributed by atoms with van der Waals surface area (Å²) in [5.41, 5.74) is 0. The van der Waals surface area contributed by atoms with Gasteiger partial charge in [0, 0.05) is 12.1 Å². The summed E-state index contributed by atoms with van der Waals surface area (Å²) >= 11 is 3.35. The Morgan fingerprint density at radius 3 is 2.76 bits per heavy atom. The lowest BCUT2D eigenvalue weighted by atomic mass is 10.3. The molecule has 1 amide bonds. The molecule has 17 heavy (non-hydrogen) atoms. The van der Waals surface area contributed by atoms with Gasteiger partial charge in [0.05, 0.1) is 11.6 Å². The number of halogens is 1. The van der Waals surface area contributed by atoms with Gasteiger partial charge in [-0.2, -0.15) is 0 Å². The number of amides is 1. The van der Waals surface area contributed by atoms with Crippen LogP contribution in [0.5, 0.6) is 11.5 Å². The molecule has 4 nitrogen and oxygen atoms in total. The van der Waals surface area contributed by atoms with Crippen molar-refractivity contribution in [1.29, 1.82) is 0 Å². The van der Waals surface area contributed by atoms with Gasteiger partial charge >= 0.3 is 0 Å². The van der Waals surface area contributed by atoms with Crippen LogP contribution in [0.4, 0.5) is 0 Å². The van der Waals surface area contributed by atoms with Crippen LogP contribution in [-0.4, -0.2) is 25.7 Å². The zero-order valence-corrected chi connectivity index (χ0v) is 11.7. The van der Waals surface area contributed by atoms with Gasteiger partial charge in [0.15, 0.2) is 6.61 Å². The zero-order chi connectivity index (χ0) is 12.8. The van der Waals surface area contributed by atoms with Gasteiger partial charge in [0.1, 0.15) is 11.5 Å². The molecule has 0 fully saturated rings. The van der Waals surface area contributed by atoms with E-state index in [2.05, 4.69) is 21.2 Å². The summed E-state index contributed by atoms with van der Waals surface area (Å²) in [5.74, 6) is 1.13. The summed E-state index contributed by atoms with van der Waals surface area (Å²) in [7, 11) is 1.58. The first-order valence-electron chi connectivity index (χ1n) is 5.28. The number of hydrogen-bond acceptors (Lipinski definition) is 3. The second-order valence-electron chi connectivity index (χ2n) is 3.81. The van der Waals surface area contributed by atoms with Crippen LogP contribution >= 0.6 is 15.9 Å². The maximum atomic E-state index is 11.4. The van der Waals surface area contributed by atoms with Crippen LogP contribution < -0.4 is 14.8 Å². The SMILES string of the molecule is COc1ccc(Br)c(OCC(=O)NC(C)C)c1. The third-order valence-corrected chi connectivity index (χ3v) is 2.60. The summed E-state index contributed by atoms with van der Waals surface area (Å²) in [4.78, 5) is 11.4. The van der Waals surface area contributed by atoms with E-state index >= 15 is 0 Å². The molecule has 0 aliphatic heterocycles. The van der Waals surface area contributed by atoms with Crippen molar-refractivity contribution in [3.05, 3.63) is 22.7 Å². The van der Waals surface area contributed by atoms with E-state index in [1.165, 1.54) is 0 Å². The molecule has 94 valence electrons. The fraction of sp³-hybridized carbons (Fsp3) is 0.417. The van der Waals surface area contributed by atoms with Gasteiger partial charge in [-0.3, -0.25) is 4.79 Å². The van der Waals surface area contributed by atoms with Crippen LogP contribution in [0.1, 0.15) is 13.8 Å². The van der Waals surface area contributed by atoms with Crippen LogP contribution in [0.15, 0.2) is 22.7 Å². The fourth-order valence-electron chi connectivity index (χ4n) is 1.23. The highest BCUT2D eigenvalue weighted by Crippen LogP contribution is 2.29. The molecule has 0 spiro atoms. The van der Waals surface area contributed by atoms with Gasteiger partial charge in [-0.25, -0.2) is 0 Å². The van der Waals surface area contributed by atoms with Crippen molar-refractivity contribution in [3.63, 3.8) is 0 Å². The smallest absolute Gasteiger partial charge is 0.258 e. The molecule has 0 aromatic heterocycles. The Labute approximate surface area is 109 Å². The van der Waals surface area contributed by atoms with Gasteiger partial charge < -0.3 is 14.8 Å². The van der Waals surface area contributed by atoms with E-state index in [1.807, 2.05) is 26.0 Å². The highest BCUT2D eigenvalue weighted by molar-refractivity contribution is 9.10. The van der Waals surface area contributed by atoms with Crippen LogP contribution in [0.3, 0.4) is 0 Å². The average Bonchev–Trinajstić information content (AvgIpc) is 2.27. The first-order chi connectivity index (χ1) is 8.02. The van der Waals surface area contributed by atoms with E-state index < -0.39 is 0 Å². The van der Waals surface area contributed by atoms with Crippen molar-refractivity contribution in [2.45, 2.75) is 19.9 Å². The Morgan fingerprint density at radius 1 is 1.47 bits per heavy atom. The zero-order valence-electron chi connectivity index (χ0n) is 10.1. The molecule has 1 rings (SSSR count). The molecule has 0 atom stereocenters. The van der Waals surface area contributed by atoms with E-state index in [9.17, 15) is 4.79 Å². The van der Waals surface area contributed by atoms with Gasteiger partial charge in [-0.1, -0.05) is 0 Å². The molecule has 0 aliphatic carbocycles. The van der Waals surface area contributed by atoms with Crippen molar-refractivity contribution < 1.29 is 14.3 Å². The van der Waals surface area contributed by atoms with Gasteiger partial charge in [0.2, 0.25) is 0 Å². The number of ether oxygens (including phenoxy) is 2. The number of hydrogen-bond donors (Lipinski definition) is 1. The fourth-order valence-corrected chi connectivity index (χ4v) is 1.59. The second kappa shape index (κ2) is 6.49. The number of benzene rings is 1. The van der Waals surface area contributed by atoms with Crippen LogP contribution in [0, 0.1) is 0 Å². The van der Waals surface area contributed by atoms with E-state index in [-0.39, 0.29) is 18.6 Å². The predicted molar refractivity (Wildman–Crippen MR) is 69.5 cm³/mol. The van der Waals surface area contributed by atoms with Crippen molar-refractivity contribution >= 4 is 21.8 Å². The minimum Gasteiger partial charge on any atom is -0.497 e. The summed E-state index contributed by atoms with van der Waals surface area (Å²) < 4.78 is 11.3. The Bertz CT molecular complexity index is 393. The molecule has 0 bridgehead atoms. The van der Waals surface area contributed by atoms with E-state index in [0.717, 1.165) is 4.47 Å². The highest BCUT2D eigenvalue weighted by Gasteiger charge is 2.07. The molecule has 0 aliphatic rings. The van der Waals surface area contributed by atoms with Crippen LogP contribution in [0.2, 0.25) is 0 Å². The van der Waals surface area contributed by atoms with Crippen molar-refractivity contribution in [2.75, 3.05) is 13.7 Å². The van der Waals surface area contributed by atoms with E-state index in [0.29, 0.717) is 11.5 Å². The molecule has 0 unspecified atom stereocenters. The van der Waals surface area contributed by atoms with Crippen LogP contribution in [-0.2, 0) is 4.79 Å². The maximum absolute atomic E-state index is 11.4. The molecule has 5 heteroatoms. The van der Waals surface area contributed by atoms with E-state index in [1.54, 1.807) is 13.2 Å². The third-order valence-electron chi connectivity index (χ3n) is 1.95. The second-order valence-corrected chi connectivity index (χ2v) is 4.66. The molecular formula is C12H16BrNO3. The number of carbonyl (C=O) groups excluding carboxylic acids is 1. The minimum absolute atomic E-state index is 0.00997. The third kappa shape index (κ3) is 4.65. The van der Waals surface area contributed by atoms with E-state index in [4.69, 9.17) is 9.47 Å². The van der Waals surface area contributed by atoms with Crippen LogP contribution in [0.25, 0.3) is 0 Å². The number of methoxy groups -OCH3 is 1. The average molecular weight is 302 g/mol. The largest absolute Gasteiger partial charge is 0.497 e. The highest BCUT2D eigenvalue weighted by atomic mass is 79.9. The minimum atomic E-state index is -0.144. The Balaban J connectivity index is 2.59. The lowest BCUT2D eigenvalue weighted by Gasteiger charge is -2.11.